The van der Waals surface area contributed by atoms with E-state index >= 15 is 0 Å². The highest BCUT2D eigenvalue weighted by Crippen LogP contribution is 2.41. The molecule has 0 unspecified atom stereocenters. The highest BCUT2D eigenvalue weighted by atomic mass is 32.1. The number of benzene rings is 2. The number of halogens is 3. The van der Waals surface area contributed by atoms with Crippen LogP contribution < -0.4 is 4.74 Å². The number of hydrogen-bond acceptors (Lipinski definition) is 5. The van der Waals surface area contributed by atoms with Gasteiger partial charge in [0.05, 0.1) is 7.11 Å². The van der Waals surface area contributed by atoms with Crippen molar-refractivity contribution in [1.82, 2.24) is 0 Å². The minimum atomic E-state index is -4.85. The van der Waals surface area contributed by atoms with E-state index in [1.54, 1.807) is 24.3 Å². The zero-order chi connectivity index (χ0) is 21.2. The number of aromatic carboxylic acids is 1. The molecule has 1 aromatic heterocycles. The maximum absolute atomic E-state index is 12.6. The van der Waals surface area contributed by atoms with Crippen LogP contribution in [0.5, 0.6) is 5.75 Å². The van der Waals surface area contributed by atoms with Gasteiger partial charge in [0.25, 0.3) is 0 Å². The Morgan fingerprint density at radius 3 is 2.55 bits per heavy atom. The second-order valence-electron chi connectivity index (χ2n) is 6.09. The molecule has 3 aromatic rings. The summed E-state index contributed by atoms with van der Waals surface area (Å²) in [6.45, 7) is 0. The van der Waals surface area contributed by atoms with Gasteiger partial charge in [0, 0.05) is 22.1 Å². The van der Waals surface area contributed by atoms with E-state index in [0.29, 0.717) is 27.6 Å². The lowest BCUT2D eigenvalue weighted by Crippen LogP contribution is -2.16. The number of hydrogen-bond donors (Lipinski definition) is 1. The average molecular weight is 424 g/mol. The summed E-state index contributed by atoms with van der Waals surface area (Å²) in [5, 5.41) is 9.95. The minimum Gasteiger partial charge on any atom is -0.477 e. The molecule has 29 heavy (non-hydrogen) atoms. The molecule has 0 fully saturated rings. The molecule has 0 spiro atoms. The standard InChI is InChI=1S/C20H15F3O5S/c1-27-16(24)8-5-11-3-2-4-12(9-11)17-14-10-13(28-20(21,22)23)6-7-15(14)29-18(17)19(25)26/h2-4,6-7,9-10H,5,8H2,1H3,(H,25,26). The first-order valence-electron chi connectivity index (χ1n) is 8.39. The first-order chi connectivity index (χ1) is 13.7. The van der Waals surface area contributed by atoms with Gasteiger partial charge in [0.2, 0.25) is 0 Å². The Bertz CT molecular complexity index is 1070. The van der Waals surface area contributed by atoms with Crippen molar-refractivity contribution in [2.45, 2.75) is 19.2 Å². The maximum Gasteiger partial charge on any atom is 0.573 e. The van der Waals surface area contributed by atoms with Crippen LogP contribution in [-0.4, -0.2) is 30.5 Å². The Kier molecular flexibility index (Phi) is 5.78. The number of methoxy groups -OCH3 is 1. The molecule has 0 radical (unpaired) electrons. The van der Waals surface area contributed by atoms with Crippen molar-refractivity contribution in [2.24, 2.45) is 0 Å². The SMILES string of the molecule is COC(=O)CCc1cccc(-c2c(C(=O)O)sc3ccc(OC(F)(F)F)cc23)c1. The molecule has 1 heterocycles. The first kappa shape index (κ1) is 20.7. The van der Waals surface area contributed by atoms with Gasteiger partial charge in [-0.25, -0.2) is 4.79 Å². The van der Waals surface area contributed by atoms with E-state index < -0.39 is 18.1 Å². The normalized spacial score (nSPS) is 11.4. The van der Waals surface area contributed by atoms with E-state index in [1.807, 2.05) is 0 Å². The van der Waals surface area contributed by atoms with Crippen LogP contribution in [0.15, 0.2) is 42.5 Å². The molecule has 0 aliphatic rings. The molecule has 0 aliphatic carbocycles. The monoisotopic (exact) mass is 424 g/mol. The summed E-state index contributed by atoms with van der Waals surface area (Å²) in [5.41, 5.74) is 1.61. The fraction of sp³-hybridized carbons (Fsp3) is 0.200. The minimum absolute atomic E-state index is 0.00859. The topological polar surface area (TPSA) is 72.8 Å². The quantitative estimate of drug-likeness (QED) is 0.546. The smallest absolute Gasteiger partial charge is 0.477 e. The number of fused-ring (bicyclic) bond motifs is 1. The van der Waals surface area contributed by atoms with Gasteiger partial charge < -0.3 is 14.6 Å². The molecule has 0 aliphatic heterocycles. The first-order valence-corrected chi connectivity index (χ1v) is 9.21. The molecule has 0 saturated carbocycles. The number of aryl methyl sites for hydroxylation is 1. The fourth-order valence-electron chi connectivity index (χ4n) is 2.94. The number of carbonyl (C=O) groups is 2. The molecule has 5 nitrogen and oxygen atoms in total. The Labute approximate surface area is 167 Å². The molecule has 2 aromatic carbocycles. The van der Waals surface area contributed by atoms with Crippen molar-refractivity contribution < 1.29 is 37.3 Å². The van der Waals surface area contributed by atoms with Crippen molar-refractivity contribution in [1.29, 1.82) is 0 Å². The largest absolute Gasteiger partial charge is 0.573 e. The van der Waals surface area contributed by atoms with Gasteiger partial charge in [-0.1, -0.05) is 24.3 Å². The molecule has 0 amide bonds. The third-order valence-corrected chi connectivity index (χ3v) is 5.31. The van der Waals surface area contributed by atoms with Crippen LogP contribution >= 0.6 is 11.3 Å². The summed E-state index contributed by atoms with van der Waals surface area (Å²) in [6, 6.07) is 10.6. The molecule has 1 N–H and O–H groups in total. The highest BCUT2D eigenvalue weighted by Gasteiger charge is 2.31. The van der Waals surface area contributed by atoms with Gasteiger partial charge in [0.15, 0.2) is 0 Å². The van der Waals surface area contributed by atoms with Crippen LogP contribution in [0.25, 0.3) is 21.2 Å². The van der Waals surface area contributed by atoms with Crippen LogP contribution in [0.4, 0.5) is 13.2 Å². The summed E-state index contributed by atoms with van der Waals surface area (Å²) < 4.78 is 46.8. The Morgan fingerprint density at radius 1 is 1.14 bits per heavy atom. The number of carboxylic acid groups (broad SMARTS) is 1. The second kappa shape index (κ2) is 8.12. The Morgan fingerprint density at radius 2 is 1.90 bits per heavy atom. The predicted molar refractivity (Wildman–Crippen MR) is 101 cm³/mol. The van der Waals surface area contributed by atoms with E-state index in [1.165, 1.54) is 19.2 Å². The molecule has 0 saturated heterocycles. The number of rotatable bonds is 6. The van der Waals surface area contributed by atoms with Crippen molar-refractivity contribution in [3.05, 3.63) is 52.9 Å². The predicted octanol–water partition coefficient (Wildman–Crippen LogP) is 5.27. The molecular formula is C20H15F3O5S. The fourth-order valence-corrected chi connectivity index (χ4v) is 3.99. The molecule has 3 rings (SSSR count). The number of ether oxygens (including phenoxy) is 2. The van der Waals surface area contributed by atoms with Gasteiger partial charge in [0.1, 0.15) is 10.6 Å². The van der Waals surface area contributed by atoms with Crippen molar-refractivity contribution in [2.75, 3.05) is 7.11 Å². The van der Waals surface area contributed by atoms with Crippen LogP contribution in [-0.2, 0) is 16.0 Å². The van der Waals surface area contributed by atoms with E-state index in [9.17, 15) is 27.9 Å². The Balaban J connectivity index is 2.09. The lowest BCUT2D eigenvalue weighted by atomic mass is 9.98. The zero-order valence-electron chi connectivity index (χ0n) is 15.1. The lowest BCUT2D eigenvalue weighted by molar-refractivity contribution is -0.274. The molecular weight excluding hydrogens is 409 g/mol. The van der Waals surface area contributed by atoms with E-state index in [2.05, 4.69) is 9.47 Å². The molecule has 0 bridgehead atoms. The van der Waals surface area contributed by atoms with Gasteiger partial charge in [-0.05, 0) is 35.7 Å². The summed E-state index contributed by atoms with van der Waals surface area (Å²) in [4.78, 5) is 23.1. The van der Waals surface area contributed by atoms with Gasteiger partial charge in [-0.2, -0.15) is 0 Å². The van der Waals surface area contributed by atoms with Crippen LogP contribution in [0.2, 0.25) is 0 Å². The van der Waals surface area contributed by atoms with Crippen molar-refractivity contribution >= 4 is 33.4 Å². The van der Waals surface area contributed by atoms with Crippen molar-refractivity contribution in [3.8, 4) is 16.9 Å². The lowest BCUT2D eigenvalue weighted by Gasteiger charge is -2.10. The van der Waals surface area contributed by atoms with E-state index in [-0.39, 0.29) is 17.3 Å². The van der Waals surface area contributed by atoms with Crippen LogP contribution in [0, 0.1) is 0 Å². The zero-order valence-corrected chi connectivity index (χ0v) is 15.9. The molecule has 9 heteroatoms. The van der Waals surface area contributed by atoms with Gasteiger partial charge >= 0.3 is 18.3 Å². The number of esters is 1. The Hall–Kier alpha value is -3.07. The number of carbonyl (C=O) groups excluding carboxylic acids is 1. The summed E-state index contributed by atoms with van der Waals surface area (Å²) in [6.07, 6.45) is -4.32. The number of alkyl halides is 3. The van der Waals surface area contributed by atoms with Crippen LogP contribution in [0.1, 0.15) is 21.7 Å². The number of carboxylic acids is 1. The number of thiophene rings is 1. The summed E-state index contributed by atoms with van der Waals surface area (Å²) in [7, 11) is 1.29. The average Bonchev–Trinajstić information content (AvgIpc) is 3.04. The maximum atomic E-state index is 12.6. The second-order valence-corrected chi connectivity index (χ2v) is 7.15. The van der Waals surface area contributed by atoms with Gasteiger partial charge in [-0.15, -0.1) is 24.5 Å². The van der Waals surface area contributed by atoms with E-state index in [0.717, 1.165) is 23.0 Å². The molecule has 0 atom stereocenters. The summed E-state index contributed by atoms with van der Waals surface area (Å²) >= 11 is 0.971. The van der Waals surface area contributed by atoms with Crippen molar-refractivity contribution in [3.63, 3.8) is 0 Å². The van der Waals surface area contributed by atoms with E-state index in [4.69, 9.17) is 0 Å². The van der Waals surface area contributed by atoms with Crippen LogP contribution in [0.3, 0.4) is 0 Å². The third kappa shape index (κ3) is 4.86. The van der Waals surface area contributed by atoms with Gasteiger partial charge in [-0.3, -0.25) is 4.79 Å². The highest BCUT2D eigenvalue weighted by molar-refractivity contribution is 7.21. The third-order valence-electron chi connectivity index (χ3n) is 4.15. The summed E-state index contributed by atoms with van der Waals surface area (Å²) in [5.74, 6) is -1.99. The molecule has 152 valence electrons.